The van der Waals surface area contributed by atoms with Crippen molar-refractivity contribution < 1.29 is 24.5 Å². The molecule has 3 aromatic carbocycles. The number of nitrogens with one attached hydrogen (secondary N) is 2. The van der Waals surface area contributed by atoms with Gasteiger partial charge in [0.25, 0.3) is 0 Å². The largest absolute Gasteiger partial charge is 0.469 e. The molecule has 0 bridgehead atoms. The van der Waals surface area contributed by atoms with Crippen LogP contribution in [0.2, 0.25) is 0 Å². The topological polar surface area (TPSA) is 120 Å². The molecule has 37 heavy (non-hydrogen) atoms. The number of carbonyl (C=O) groups is 1. The van der Waals surface area contributed by atoms with Gasteiger partial charge in [0, 0.05) is 34.6 Å². The summed E-state index contributed by atoms with van der Waals surface area (Å²) in [6.07, 6.45) is 3.35. The molecular formula is C29H27N3O5. The van der Waals surface area contributed by atoms with Gasteiger partial charge in [-0.2, -0.15) is 0 Å². The van der Waals surface area contributed by atoms with E-state index in [1.165, 1.54) is 7.11 Å². The number of esters is 1. The third-order valence-electron chi connectivity index (χ3n) is 6.30. The van der Waals surface area contributed by atoms with Gasteiger partial charge in [0.1, 0.15) is 23.4 Å². The normalized spacial score (nSPS) is 12.0. The SMILES string of the molecule is COC(=O)CCc1cccc(C(O)c2cnc(-c3cccc(Oc4ccc5[nH]ccc5c4CO)c3)[nH]2)c1. The smallest absolute Gasteiger partial charge is 0.305 e. The predicted molar refractivity (Wildman–Crippen MR) is 139 cm³/mol. The molecule has 2 aromatic heterocycles. The first kappa shape index (κ1) is 24.3. The molecule has 0 radical (unpaired) electrons. The van der Waals surface area contributed by atoms with Crippen LogP contribution in [0.25, 0.3) is 22.3 Å². The predicted octanol–water partition coefficient (Wildman–Crippen LogP) is 5.03. The second kappa shape index (κ2) is 10.7. The monoisotopic (exact) mass is 497 g/mol. The Morgan fingerprint density at radius 3 is 2.78 bits per heavy atom. The number of aliphatic hydroxyl groups excluding tert-OH is 2. The zero-order valence-electron chi connectivity index (χ0n) is 20.3. The number of carbonyl (C=O) groups excluding carboxylic acids is 1. The van der Waals surface area contributed by atoms with E-state index in [1.54, 1.807) is 6.20 Å². The average Bonchev–Trinajstić information content (AvgIpc) is 3.62. The number of benzene rings is 3. The number of hydrogen-bond donors (Lipinski definition) is 4. The standard InChI is InChI=1S/C29H27N3O5/c1-36-27(34)11-8-18-4-2-5-19(14-18)28(35)25-16-31-29(32-25)20-6-3-7-21(15-20)37-26-10-9-24-22(12-13-30-24)23(26)17-33/h2-7,9-10,12-16,28,30,33,35H,8,11,17H2,1H3,(H,31,32). The van der Waals surface area contributed by atoms with Crippen LogP contribution in [0, 0.1) is 0 Å². The lowest BCUT2D eigenvalue weighted by Gasteiger charge is -2.12. The van der Waals surface area contributed by atoms with Crippen molar-refractivity contribution in [2.45, 2.75) is 25.6 Å². The number of aliphatic hydroxyl groups is 2. The van der Waals surface area contributed by atoms with Crippen LogP contribution >= 0.6 is 0 Å². The highest BCUT2D eigenvalue weighted by Gasteiger charge is 2.16. The molecule has 0 aliphatic rings. The quantitative estimate of drug-likeness (QED) is 0.212. The zero-order valence-corrected chi connectivity index (χ0v) is 20.3. The maximum atomic E-state index is 11.5. The van der Waals surface area contributed by atoms with Crippen LogP contribution in [0.5, 0.6) is 11.5 Å². The van der Waals surface area contributed by atoms with Gasteiger partial charge in [-0.05, 0) is 47.9 Å². The first-order valence-electron chi connectivity index (χ1n) is 11.9. The summed E-state index contributed by atoms with van der Waals surface area (Å²) in [5, 5.41) is 21.8. The van der Waals surface area contributed by atoms with Crippen LogP contribution in [-0.2, 0) is 22.6 Å². The highest BCUT2D eigenvalue weighted by atomic mass is 16.5. The van der Waals surface area contributed by atoms with Gasteiger partial charge in [-0.1, -0.05) is 36.4 Å². The first-order valence-corrected chi connectivity index (χ1v) is 11.9. The van der Waals surface area contributed by atoms with E-state index in [1.807, 2.05) is 72.9 Å². The molecule has 0 spiro atoms. The average molecular weight is 498 g/mol. The van der Waals surface area contributed by atoms with Gasteiger partial charge >= 0.3 is 5.97 Å². The Hall–Kier alpha value is -4.40. The van der Waals surface area contributed by atoms with Crippen molar-refractivity contribution in [2.24, 2.45) is 0 Å². The molecule has 0 aliphatic carbocycles. The molecule has 0 saturated heterocycles. The van der Waals surface area contributed by atoms with E-state index in [0.29, 0.717) is 40.6 Å². The van der Waals surface area contributed by atoms with Crippen LogP contribution < -0.4 is 4.74 Å². The molecule has 1 unspecified atom stereocenters. The summed E-state index contributed by atoms with van der Waals surface area (Å²) in [4.78, 5) is 22.3. The van der Waals surface area contributed by atoms with E-state index >= 15 is 0 Å². The van der Waals surface area contributed by atoms with Crippen molar-refractivity contribution in [2.75, 3.05) is 7.11 Å². The second-order valence-electron chi connectivity index (χ2n) is 8.68. The number of nitrogens with zero attached hydrogens (tertiary/aromatic N) is 1. The zero-order chi connectivity index (χ0) is 25.8. The van der Waals surface area contributed by atoms with Crippen molar-refractivity contribution in [1.29, 1.82) is 0 Å². The van der Waals surface area contributed by atoms with Crippen molar-refractivity contribution in [3.8, 4) is 22.9 Å². The van der Waals surface area contributed by atoms with Crippen molar-refractivity contribution in [1.82, 2.24) is 15.0 Å². The lowest BCUT2D eigenvalue weighted by molar-refractivity contribution is -0.140. The Morgan fingerprint density at radius 1 is 1.08 bits per heavy atom. The molecule has 0 amide bonds. The Morgan fingerprint density at radius 2 is 1.95 bits per heavy atom. The van der Waals surface area contributed by atoms with E-state index < -0.39 is 6.10 Å². The highest BCUT2D eigenvalue weighted by Crippen LogP contribution is 2.33. The molecule has 188 valence electrons. The van der Waals surface area contributed by atoms with Crippen LogP contribution in [-0.4, -0.2) is 38.2 Å². The maximum absolute atomic E-state index is 11.5. The fourth-order valence-corrected chi connectivity index (χ4v) is 4.34. The number of imidazole rings is 1. The van der Waals surface area contributed by atoms with Crippen molar-refractivity contribution in [3.05, 3.63) is 102 Å². The highest BCUT2D eigenvalue weighted by molar-refractivity contribution is 5.85. The molecule has 5 rings (SSSR count). The van der Waals surface area contributed by atoms with Gasteiger partial charge in [-0.3, -0.25) is 4.79 Å². The van der Waals surface area contributed by atoms with E-state index in [9.17, 15) is 15.0 Å². The number of H-pyrrole nitrogens is 2. The fraction of sp³-hybridized carbons (Fsp3) is 0.172. The minimum atomic E-state index is -0.904. The number of ether oxygens (including phenoxy) is 2. The number of aryl methyl sites for hydroxylation is 1. The van der Waals surface area contributed by atoms with E-state index in [0.717, 1.165) is 22.0 Å². The van der Waals surface area contributed by atoms with Crippen LogP contribution in [0.3, 0.4) is 0 Å². The molecule has 8 heteroatoms. The number of fused-ring (bicyclic) bond motifs is 1. The molecule has 1 atom stereocenters. The maximum Gasteiger partial charge on any atom is 0.305 e. The number of methoxy groups -OCH3 is 1. The Balaban J connectivity index is 1.34. The third kappa shape index (κ3) is 5.25. The Labute approximate surface area is 213 Å². The minimum Gasteiger partial charge on any atom is -0.469 e. The second-order valence-corrected chi connectivity index (χ2v) is 8.68. The van der Waals surface area contributed by atoms with Crippen molar-refractivity contribution in [3.63, 3.8) is 0 Å². The van der Waals surface area contributed by atoms with E-state index in [2.05, 4.69) is 15.0 Å². The molecule has 0 aliphatic heterocycles. The van der Waals surface area contributed by atoms with Crippen LogP contribution in [0.1, 0.15) is 34.9 Å². The van der Waals surface area contributed by atoms with Crippen LogP contribution in [0.4, 0.5) is 0 Å². The first-order chi connectivity index (χ1) is 18.1. The summed E-state index contributed by atoms with van der Waals surface area (Å²) in [5.74, 6) is 1.49. The minimum absolute atomic E-state index is 0.145. The summed E-state index contributed by atoms with van der Waals surface area (Å²) in [7, 11) is 1.37. The number of rotatable bonds is 9. The number of aromatic amines is 2. The van der Waals surface area contributed by atoms with Gasteiger partial charge in [0.2, 0.25) is 0 Å². The molecule has 2 heterocycles. The molecule has 5 aromatic rings. The summed E-state index contributed by atoms with van der Waals surface area (Å²) < 4.78 is 10.8. The Bertz CT molecular complexity index is 1540. The van der Waals surface area contributed by atoms with Crippen LogP contribution in [0.15, 0.2) is 79.1 Å². The number of hydrogen-bond acceptors (Lipinski definition) is 6. The molecular weight excluding hydrogens is 470 g/mol. The lowest BCUT2D eigenvalue weighted by atomic mass is 10.0. The molecule has 4 N–H and O–H groups in total. The van der Waals surface area contributed by atoms with Gasteiger partial charge in [-0.25, -0.2) is 4.98 Å². The van der Waals surface area contributed by atoms with E-state index in [-0.39, 0.29) is 19.0 Å². The van der Waals surface area contributed by atoms with E-state index in [4.69, 9.17) is 9.47 Å². The molecule has 0 saturated carbocycles. The summed E-state index contributed by atoms with van der Waals surface area (Å²) in [6.45, 7) is -0.145. The summed E-state index contributed by atoms with van der Waals surface area (Å²) in [6, 6.07) is 20.6. The lowest BCUT2D eigenvalue weighted by Crippen LogP contribution is -2.04. The summed E-state index contributed by atoms with van der Waals surface area (Å²) in [5.41, 5.74) is 4.61. The van der Waals surface area contributed by atoms with Gasteiger partial charge < -0.3 is 29.7 Å². The van der Waals surface area contributed by atoms with Crippen molar-refractivity contribution >= 4 is 16.9 Å². The fourth-order valence-electron chi connectivity index (χ4n) is 4.34. The molecule has 0 fully saturated rings. The summed E-state index contributed by atoms with van der Waals surface area (Å²) >= 11 is 0. The third-order valence-corrected chi connectivity index (χ3v) is 6.30. The number of aromatic nitrogens is 3. The van der Waals surface area contributed by atoms with Gasteiger partial charge in [0.05, 0.1) is 25.6 Å². The van der Waals surface area contributed by atoms with Gasteiger partial charge in [0.15, 0.2) is 0 Å². The van der Waals surface area contributed by atoms with Gasteiger partial charge in [-0.15, -0.1) is 0 Å². The molecule has 8 nitrogen and oxygen atoms in total. The Kier molecular flexibility index (Phi) is 7.02.